The Kier molecular flexibility index (Phi) is 3.86. The number of benzene rings is 2. The molecule has 29 heavy (non-hydrogen) atoms. The molecule has 1 aliphatic carbocycles. The third kappa shape index (κ3) is 2.84. The van der Waals surface area contributed by atoms with E-state index < -0.39 is 11.2 Å². The molecule has 1 saturated carbocycles. The zero-order valence-corrected chi connectivity index (χ0v) is 15.8. The van der Waals surface area contributed by atoms with Crippen LogP contribution in [0.5, 0.6) is 0 Å². The SMILES string of the molecule is Nc1cc2c(Nc3cccc(Cl)c3F)ncnc2cc1C#C[C@@]12C[C@@H]1CNC2=O. The van der Waals surface area contributed by atoms with Gasteiger partial charge in [0.05, 0.1) is 16.2 Å². The van der Waals surface area contributed by atoms with E-state index in [0.717, 1.165) is 6.42 Å². The summed E-state index contributed by atoms with van der Waals surface area (Å²) in [5, 5.41) is 6.42. The Morgan fingerprint density at radius 1 is 1.34 bits per heavy atom. The lowest BCUT2D eigenvalue weighted by atomic mass is 10.0. The molecule has 1 aliphatic heterocycles. The summed E-state index contributed by atoms with van der Waals surface area (Å²) < 4.78 is 14.2. The Labute approximate surface area is 170 Å². The number of nitrogen functional groups attached to an aromatic ring is 1. The first-order valence-corrected chi connectivity index (χ1v) is 9.42. The summed E-state index contributed by atoms with van der Waals surface area (Å²) in [7, 11) is 0. The number of hydrogen-bond acceptors (Lipinski definition) is 5. The van der Waals surface area contributed by atoms with E-state index in [9.17, 15) is 9.18 Å². The van der Waals surface area contributed by atoms with Crippen LogP contribution < -0.4 is 16.4 Å². The second-order valence-corrected chi connectivity index (χ2v) is 7.64. The fraction of sp³-hybridized carbons (Fsp3) is 0.190. The minimum Gasteiger partial charge on any atom is -0.398 e. The number of hydrogen-bond donors (Lipinski definition) is 3. The number of nitrogens with zero attached hydrogens (tertiary/aromatic N) is 2. The maximum Gasteiger partial charge on any atom is 0.238 e. The van der Waals surface area contributed by atoms with Crippen molar-refractivity contribution in [3.05, 3.63) is 53.1 Å². The molecule has 0 unspecified atom stereocenters. The van der Waals surface area contributed by atoms with Crippen LogP contribution in [0.4, 0.5) is 21.6 Å². The second-order valence-electron chi connectivity index (χ2n) is 7.24. The molecule has 0 bridgehead atoms. The summed E-state index contributed by atoms with van der Waals surface area (Å²) in [5.41, 5.74) is 7.46. The van der Waals surface area contributed by atoms with Crippen molar-refractivity contribution in [3.63, 3.8) is 0 Å². The van der Waals surface area contributed by atoms with Crippen LogP contribution in [-0.4, -0.2) is 22.4 Å². The third-order valence-corrected chi connectivity index (χ3v) is 5.74. The van der Waals surface area contributed by atoms with Gasteiger partial charge in [-0.05, 0) is 30.7 Å². The summed E-state index contributed by atoms with van der Waals surface area (Å²) in [6, 6.07) is 8.12. The highest BCUT2D eigenvalue weighted by atomic mass is 35.5. The molecule has 2 heterocycles. The summed E-state index contributed by atoms with van der Waals surface area (Å²) >= 11 is 5.85. The molecule has 1 amide bonds. The van der Waals surface area contributed by atoms with Gasteiger partial charge in [-0.1, -0.05) is 29.5 Å². The maximum absolute atomic E-state index is 14.2. The quantitative estimate of drug-likeness (QED) is 0.448. The lowest BCUT2D eigenvalue weighted by Gasteiger charge is -2.11. The molecule has 2 atom stereocenters. The van der Waals surface area contributed by atoms with E-state index in [1.807, 2.05) is 0 Å². The van der Waals surface area contributed by atoms with E-state index in [-0.39, 0.29) is 22.5 Å². The Balaban J connectivity index is 1.52. The number of rotatable bonds is 2. The van der Waals surface area contributed by atoms with Gasteiger partial charge in [-0.25, -0.2) is 14.4 Å². The van der Waals surface area contributed by atoms with Crippen LogP contribution in [0.2, 0.25) is 5.02 Å². The lowest BCUT2D eigenvalue weighted by Crippen LogP contribution is -2.24. The van der Waals surface area contributed by atoms with Crippen molar-refractivity contribution in [3.8, 4) is 11.8 Å². The summed E-state index contributed by atoms with van der Waals surface area (Å²) in [5.74, 6) is 6.27. The molecule has 4 N–H and O–H groups in total. The highest BCUT2D eigenvalue weighted by Gasteiger charge is 2.63. The molecule has 1 saturated heterocycles. The molecule has 144 valence electrons. The maximum atomic E-state index is 14.2. The highest BCUT2D eigenvalue weighted by Crippen LogP contribution is 2.55. The Hall–Kier alpha value is -3.37. The van der Waals surface area contributed by atoms with Crippen molar-refractivity contribution in [2.75, 3.05) is 17.6 Å². The van der Waals surface area contributed by atoms with Gasteiger partial charge >= 0.3 is 0 Å². The predicted octanol–water partition coefficient (Wildman–Crippen LogP) is 3.24. The molecule has 3 aromatic rings. The van der Waals surface area contributed by atoms with Crippen LogP contribution in [-0.2, 0) is 4.79 Å². The monoisotopic (exact) mass is 407 g/mol. The van der Waals surface area contributed by atoms with Gasteiger partial charge in [-0.2, -0.15) is 0 Å². The molecule has 5 rings (SSSR count). The average molecular weight is 408 g/mol. The fourth-order valence-corrected chi connectivity index (χ4v) is 3.85. The molecule has 1 aromatic heterocycles. The summed E-state index contributed by atoms with van der Waals surface area (Å²) in [6.45, 7) is 0.684. The van der Waals surface area contributed by atoms with E-state index in [4.69, 9.17) is 17.3 Å². The van der Waals surface area contributed by atoms with Crippen LogP contribution in [0.3, 0.4) is 0 Å². The zero-order chi connectivity index (χ0) is 20.2. The van der Waals surface area contributed by atoms with Gasteiger partial charge in [0, 0.05) is 29.1 Å². The van der Waals surface area contributed by atoms with Crippen LogP contribution in [0.15, 0.2) is 36.7 Å². The van der Waals surface area contributed by atoms with E-state index >= 15 is 0 Å². The van der Waals surface area contributed by atoms with Gasteiger partial charge in [-0.3, -0.25) is 4.79 Å². The van der Waals surface area contributed by atoms with Gasteiger partial charge in [-0.15, -0.1) is 0 Å². The number of fused-ring (bicyclic) bond motifs is 2. The third-order valence-electron chi connectivity index (χ3n) is 5.45. The number of halogens is 2. The summed E-state index contributed by atoms with van der Waals surface area (Å²) in [6.07, 6.45) is 2.17. The van der Waals surface area contributed by atoms with E-state index in [1.54, 1.807) is 24.3 Å². The Morgan fingerprint density at radius 2 is 2.21 bits per heavy atom. The zero-order valence-electron chi connectivity index (χ0n) is 15.1. The van der Waals surface area contributed by atoms with Gasteiger partial charge in [0.25, 0.3) is 0 Å². The molecular weight excluding hydrogens is 393 g/mol. The molecule has 2 aliphatic rings. The lowest BCUT2D eigenvalue weighted by molar-refractivity contribution is -0.122. The Morgan fingerprint density at radius 3 is 2.97 bits per heavy atom. The molecule has 2 aromatic carbocycles. The van der Waals surface area contributed by atoms with Crippen LogP contribution in [0, 0.1) is 29.0 Å². The smallest absolute Gasteiger partial charge is 0.238 e. The molecular formula is C21H15ClFN5O. The average Bonchev–Trinajstić information content (AvgIpc) is 3.35. The number of anilines is 3. The van der Waals surface area contributed by atoms with Crippen molar-refractivity contribution in [2.24, 2.45) is 11.3 Å². The standard InChI is InChI=1S/C21H15ClFN5O/c22-14-2-1-3-16(18(14)23)28-19-13-7-15(24)11(6-17(13)26-10-27-19)4-5-21-8-12(21)9-25-20(21)29/h1-3,6-7,10,12H,8-9,24H2,(H,25,29)(H,26,27,28)/t12-,21-/m1/s1. The first-order chi connectivity index (χ1) is 14.0. The first kappa shape index (κ1) is 17.7. The van der Waals surface area contributed by atoms with Crippen molar-refractivity contribution in [1.82, 2.24) is 15.3 Å². The largest absolute Gasteiger partial charge is 0.398 e. The molecule has 8 heteroatoms. The molecule has 0 radical (unpaired) electrons. The molecule has 0 spiro atoms. The minimum absolute atomic E-state index is 0.00767. The summed E-state index contributed by atoms with van der Waals surface area (Å²) in [4.78, 5) is 20.5. The fourth-order valence-electron chi connectivity index (χ4n) is 3.67. The predicted molar refractivity (Wildman–Crippen MR) is 109 cm³/mol. The number of aromatic nitrogens is 2. The first-order valence-electron chi connectivity index (χ1n) is 9.05. The number of carbonyl (C=O) groups excluding carboxylic acids is 1. The number of piperidine rings is 1. The second kappa shape index (κ2) is 6.33. The molecule has 2 fully saturated rings. The number of carbonyl (C=O) groups is 1. The van der Waals surface area contributed by atoms with Crippen molar-refractivity contribution in [1.29, 1.82) is 0 Å². The van der Waals surface area contributed by atoms with Gasteiger partial charge in [0.2, 0.25) is 5.91 Å². The van der Waals surface area contributed by atoms with Gasteiger partial charge in [0.15, 0.2) is 5.82 Å². The van der Waals surface area contributed by atoms with Crippen molar-refractivity contribution >= 4 is 45.6 Å². The number of amides is 1. The topological polar surface area (TPSA) is 92.9 Å². The number of nitrogens with one attached hydrogen (secondary N) is 2. The van der Waals surface area contributed by atoms with Crippen LogP contribution >= 0.6 is 11.6 Å². The van der Waals surface area contributed by atoms with E-state index in [2.05, 4.69) is 32.4 Å². The molecule has 6 nitrogen and oxygen atoms in total. The van der Waals surface area contributed by atoms with E-state index in [0.29, 0.717) is 34.5 Å². The number of nitrogens with two attached hydrogens (primary N) is 1. The van der Waals surface area contributed by atoms with Crippen molar-refractivity contribution < 1.29 is 9.18 Å². The van der Waals surface area contributed by atoms with E-state index in [1.165, 1.54) is 12.4 Å². The van der Waals surface area contributed by atoms with Crippen LogP contribution in [0.25, 0.3) is 10.9 Å². The Bertz CT molecular complexity index is 1250. The van der Waals surface area contributed by atoms with Gasteiger partial charge < -0.3 is 16.4 Å². The van der Waals surface area contributed by atoms with Gasteiger partial charge in [0.1, 0.15) is 17.6 Å². The normalized spacial score (nSPS) is 21.9. The highest BCUT2D eigenvalue weighted by molar-refractivity contribution is 6.31. The van der Waals surface area contributed by atoms with Crippen molar-refractivity contribution in [2.45, 2.75) is 6.42 Å². The minimum atomic E-state index is -0.566. The van der Waals surface area contributed by atoms with Crippen LogP contribution in [0.1, 0.15) is 12.0 Å².